The summed E-state index contributed by atoms with van der Waals surface area (Å²) in [6.07, 6.45) is -0.202. The number of hydrogen-bond acceptors (Lipinski definition) is 6. The molecule has 1 atom stereocenters. The van der Waals surface area contributed by atoms with Gasteiger partial charge in [0.15, 0.2) is 6.10 Å². The zero-order chi connectivity index (χ0) is 24.5. The van der Waals surface area contributed by atoms with Crippen LogP contribution in [0.15, 0.2) is 47.4 Å². The lowest BCUT2D eigenvalue weighted by Crippen LogP contribution is -2.51. The summed E-state index contributed by atoms with van der Waals surface area (Å²) in [6.45, 7) is 5.68. The van der Waals surface area contributed by atoms with Crippen molar-refractivity contribution in [3.63, 3.8) is 0 Å². The van der Waals surface area contributed by atoms with Gasteiger partial charge in [-0.25, -0.2) is 8.42 Å². The first-order valence-electron chi connectivity index (χ1n) is 11.4. The number of benzene rings is 2. The highest BCUT2D eigenvalue weighted by molar-refractivity contribution is 7.89. The van der Waals surface area contributed by atoms with Gasteiger partial charge in [0.2, 0.25) is 15.9 Å². The Balaban J connectivity index is 1.43. The molecule has 2 aromatic carbocycles. The van der Waals surface area contributed by atoms with Gasteiger partial charge in [-0.2, -0.15) is 4.31 Å². The van der Waals surface area contributed by atoms with Gasteiger partial charge in [-0.3, -0.25) is 9.59 Å². The van der Waals surface area contributed by atoms with Crippen LogP contribution in [-0.2, 0) is 19.6 Å². The Morgan fingerprint density at radius 1 is 1.15 bits per heavy atom. The first-order valence-corrected chi connectivity index (χ1v) is 12.8. The SMILES string of the molecule is CCC1Oc2cc(S(=O)(=O)N(C)CC(=O)N3CCN(c4ccccc4)CC3)c(C)cc2NC1=O. The Bertz CT molecular complexity index is 1180. The largest absolute Gasteiger partial charge is 0.478 e. The number of aryl methyl sites for hydroxylation is 1. The molecule has 182 valence electrons. The number of para-hydroxylation sites is 1. The zero-order valence-corrected chi connectivity index (χ0v) is 20.5. The van der Waals surface area contributed by atoms with E-state index in [0.717, 1.165) is 9.99 Å². The molecule has 1 fully saturated rings. The number of hydrogen-bond donors (Lipinski definition) is 1. The van der Waals surface area contributed by atoms with Crippen LogP contribution in [0.3, 0.4) is 0 Å². The standard InChI is InChI=1S/C24H30N4O5S/c1-4-20-24(30)25-19-14-17(2)22(15-21(19)33-20)34(31,32)26(3)16-23(29)28-12-10-27(11-13-28)18-8-6-5-7-9-18/h5-9,14-15,20H,4,10-13,16H2,1-3H3,(H,25,30). The molecule has 9 nitrogen and oxygen atoms in total. The van der Waals surface area contributed by atoms with Crippen LogP contribution in [0, 0.1) is 6.92 Å². The molecule has 2 aliphatic rings. The average molecular weight is 487 g/mol. The van der Waals surface area contributed by atoms with Crippen LogP contribution in [-0.4, -0.2) is 75.3 Å². The van der Waals surface area contributed by atoms with E-state index in [1.54, 1.807) is 17.9 Å². The van der Waals surface area contributed by atoms with Crippen molar-refractivity contribution in [1.29, 1.82) is 0 Å². The number of fused-ring (bicyclic) bond motifs is 1. The lowest BCUT2D eigenvalue weighted by atomic mass is 10.1. The minimum absolute atomic E-state index is 0.0569. The molecule has 1 unspecified atom stereocenters. The van der Waals surface area contributed by atoms with Crippen LogP contribution >= 0.6 is 0 Å². The summed E-state index contributed by atoms with van der Waals surface area (Å²) >= 11 is 0. The van der Waals surface area contributed by atoms with E-state index in [9.17, 15) is 18.0 Å². The van der Waals surface area contributed by atoms with Gasteiger partial charge in [0, 0.05) is 45.0 Å². The highest BCUT2D eigenvalue weighted by Gasteiger charge is 2.32. The van der Waals surface area contributed by atoms with E-state index in [-0.39, 0.29) is 23.3 Å². The van der Waals surface area contributed by atoms with Gasteiger partial charge in [-0.15, -0.1) is 0 Å². The molecule has 0 aromatic heterocycles. The van der Waals surface area contributed by atoms with E-state index >= 15 is 0 Å². The van der Waals surface area contributed by atoms with Gasteiger partial charge in [0.25, 0.3) is 5.91 Å². The maximum atomic E-state index is 13.3. The topological polar surface area (TPSA) is 99.3 Å². The van der Waals surface area contributed by atoms with Crippen molar-refractivity contribution >= 4 is 33.2 Å². The molecule has 0 bridgehead atoms. The molecule has 34 heavy (non-hydrogen) atoms. The first-order chi connectivity index (χ1) is 16.2. The van der Waals surface area contributed by atoms with Gasteiger partial charge in [0.05, 0.1) is 17.1 Å². The summed E-state index contributed by atoms with van der Waals surface area (Å²) in [5.74, 6) is -0.170. The Hall–Kier alpha value is -3.11. The number of anilines is 2. The molecule has 4 rings (SSSR count). The Morgan fingerprint density at radius 2 is 1.82 bits per heavy atom. The monoisotopic (exact) mass is 486 g/mol. The van der Waals surface area contributed by atoms with Crippen molar-refractivity contribution in [2.45, 2.75) is 31.3 Å². The summed E-state index contributed by atoms with van der Waals surface area (Å²) in [5, 5.41) is 2.76. The maximum Gasteiger partial charge on any atom is 0.265 e. The van der Waals surface area contributed by atoms with Crippen molar-refractivity contribution in [2.75, 3.05) is 50.0 Å². The third kappa shape index (κ3) is 4.74. The highest BCUT2D eigenvalue weighted by Crippen LogP contribution is 2.35. The number of ether oxygens (including phenoxy) is 1. The van der Waals surface area contributed by atoms with Crippen LogP contribution in [0.1, 0.15) is 18.9 Å². The van der Waals surface area contributed by atoms with Crippen LogP contribution in [0.5, 0.6) is 5.75 Å². The number of nitrogens with one attached hydrogen (secondary N) is 1. The Kier molecular flexibility index (Phi) is 6.81. The number of likely N-dealkylation sites (N-methyl/N-ethyl adjacent to an activating group) is 1. The fraction of sp³-hybridized carbons (Fsp3) is 0.417. The molecule has 0 saturated carbocycles. The summed E-state index contributed by atoms with van der Waals surface area (Å²) in [6, 6.07) is 13.0. The molecule has 0 radical (unpaired) electrons. The van der Waals surface area contributed by atoms with Crippen LogP contribution in [0.25, 0.3) is 0 Å². The molecule has 2 heterocycles. The summed E-state index contributed by atoms with van der Waals surface area (Å²) in [7, 11) is -2.54. The van der Waals surface area contributed by atoms with E-state index in [1.165, 1.54) is 13.1 Å². The highest BCUT2D eigenvalue weighted by atomic mass is 32.2. The maximum absolute atomic E-state index is 13.3. The van der Waals surface area contributed by atoms with Crippen molar-refractivity contribution in [1.82, 2.24) is 9.21 Å². The Labute approximate surface area is 200 Å². The summed E-state index contributed by atoms with van der Waals surface area (Å²) in [5.41, 5.74) is 2.02. The molecule has 0 spiro atoms. The second-order valence-electron chi connectivity index (χ2n) is 8.58. The van der Waals surface area contributed by atoms with Crippen molar-refractivity contribution in [2.24, 2.45) is 0 Å². The van der Waals surface area contributed by atoms with E-state index in [2.05, 4.69) is 10.2 Å². The van der Waals surface area contributed by atoms with Crippen LogP contribution < -0.4 is 15.0 Å². The predicted octanol–water partition coefficient (Wildman–Crippen LogP) is 2.07. The van der Waals surface area contributed by atoms with E-state index in [4.69, 9.17) is 4.74 Å². The number of nitrogens with zero attached hydrogens (tertiary/aromatic N) is 3. The smallest absolute Gasteiger partial charge is 0.265 e. The van der Waals surface area contributed by atoms with Crippen molar-refractivity contribution < 1.29 is 22.7 Å². The molecule has 1 N–H and O–H groups in total. The zero-order valence-electron chi connectivity index (χ0n) is 19.7. The second kappa shape index (κ2) is 9.63. The molecule has 1 saturated heterocycles. The molecule has 2 aromatic rings. The minimum Gasteiger partial charge on any atom is -0.478 e. The average Bonchev–Trinajstić information content (AvgIpc) is 2.83. The molecule has 2 aliphatic heterocycles. The number of sulfonamides is 1. The number of carbonyl (C=O) groups excluding carboxylic acids is 2. The quantitative estimate of drug-likeness (QED) is 0.671. The van der Waals surface area contributed by atoms with E-state index < -0.39 is 16.1 Å². The van der Waals surface area contributed by atoms with Gasteiger partial charge in [-0.1, -0.05) is 25.1 Å². The van der Waals surface area contributed by atoms with E-state index in [1.807, 2.05) is 37.3 Å². The van der Waals surface area contributed by atoms with Gasteiger partial charge < -0.3 is 19.9 Å². The third-order valence-corrected chi connectivity index (χ3v) is 8.21. The number of rotatable bonds is 6. The molecule has 2 amide bonds. The van der Waals surface area contributed by atoms with Crippen molar-refractivity contribution in [3.05, 3.63) is 48.0 Å². The molecular formula is C24H30N4O5S. The fourth-order valence-electron chi connectivity index (χ4n) is 4.23. The van der Waals surface area contributed by atoms with Crippen LogP contribution in [0.2, 0.25) is 0 Å². The molecular weight excluding hydrogens is 456 g/mol. The minimum atomic E-state index is -3.95. The second-order valence-corrected chi connectivity index (χ2v) is 10.6. The fourth-order valence-corrected chi connectivity index (χ4v) is 5.57. The van der Waals surface area contributed by atoms with Gasteiger partial charge >= 0.3 is 0 Å². The van der Waals surface area contributed by atoms with E-state index in [0.29, 0.717) is 49.6 Å². The summed E-state index contributed by atoms with van der Waals surface area (Å²) < 4.78 is 33.4. The molecule has 10 heteroatoms. The normalized spacial score (nSPS) is 18.4. The first kappa shape index (κ1) is 24.0. The number of amides is 2. The van der Waals surface area contributed by atoms with Gasteiger partial charge in [0.1, 0.15) is 5.75 Å². The third-order valence-electron chi connectivity index (χ3n) is 6.27. The lowest BCUT2D eigenvalue weighted by Gasteiger charge is -2.36. The summed E-state index contributed by atoms with van der Waals surface area (Å²) in [4.78, 5) is 28.9. The van der Waals surface area contributed by atoms with Crippen LogP contribution in [0.4, 0.5) is 11.4 Å². The Morgan fingerprint density at radius 3 is 2.47 bits per heavy atom. The lowest BCUT2D eigenvalue weighted by molar-refractivity contribution is -0.131. The van der Waals surface area contributed by atoms with Gasteiger partial charge in [-0.05, 0) is 37.1 Å². The predicted molar refractivity (Wildman–Crippen MR) is 130 cm³/mol. The number of carbonyl (C=O) groups is 2. The van der Waals surface area contributed by atoms with Crippen molar-refractivity contribution in [3.8, 4) is 5.75 Å². The number of piperazine rings is 1. The molecule has 0 aliphatic carbocycles.